The zero-order valence-electron chi connectivity index (χ0n) is 16.4. The van der Waals surface area contributed by atoms with Crippen molar-refractivity contribution in [2.45, 2.75) is 45.3 Å². The lowest BCUT2D eigenvalue weighted by Gasteiger charge is -2.54. The molecule has 2 saturated heterocycles. The summed E-state index contributed by atoms with van der Waals surface area (Å²) >= 11 is 0. The van der Waals surface area contributed by atoms with Crippen molar-refractivity contribution in [3.63, 3.8) is 0 Å². The summed E-state index contributed by atoms with van der Waals surface area (Å²) in [7, 11) is 0. The molecule has 0 spiro atoms. The quantitative estimate of drug-likeness (QED) is 0.851. The van der Waals surface area contributed by atoms with E-state index < -0.39 is 0 Å². The number of aliphatic hydroxyl groups excluding tert-OH is 1. The van der Waals surface area contributed by atoms with Gasteiger partial charge in [-0.3, -0.25) is 9.58 Å². The lowest BCUT2D eigenvalue weighted by Crippen LogP contribution is -2.62. The van der Waals surface area contributed by atoms with Crippen molar-refractivity contribution < 1.29 is 5.11 Å². The maximum atomic E-state index is 10.3. The Labute approximate surface area is 162 Å². The summed E-state index contributed by atoms with van der Waals surface area (Å²) in [5, 5.41) is 14.6. The Morgan fingerprint density at radius 2 is 2.00 bits per heavy atom. The van der Waals surface area contributed by atoms with Crippen LogP contribution in [0.25, 0.3) is 0 Å². The van der Waals surface area contributed by atoms with Gasteiger partial charge < -0.3 is 10.0 Å². The van der Waals surface area contributed by atoms with E-state index in [1.807, 2.05) is 23.1 Å². The van der Waals surface area contributed by atoms with E-state index in [1.54, 1.807) is 0 Å². The summed E-state index contributed by atoms with van der Waals surface area (Å²) in [5.41, 5.74) is 2.75. The summed E-state index contributed by atoms with van der Waals surface area (Å²) in [4.78, 5) is 5.18. The SMILES string of the molecule is CCN1CC[C@@]2(CO)CCCN(Cc3cccc(Cn4cccn4)c3)[C@@H]2C1. The van der Waals surface area contributed by atoms with Gasteiger partial charge >= 0.3 is 0 Å². The van der Waals surface area contributed by atoms with E-state index in [1.165, 1.54) is 24.0 Å². The standard InChI is InChI=1S/C22H32N4O/c1-2-24-13-9-22(18-27)8-4-11-25(21(22)17-24)15-19-6-3-7-20(14-19)16-26-12-5-10-23-26/h3,5-7,10,12,14,21,27H,2,4,8-9,11,13,15-18H2,1H3/t21-,22-/m1/s1. The van der Waals surface area contributed by atoms with E-state index >= 15 is 0 Å². The highest BCUT2D eigenvalue weighted by atomic mass is 16.3. The van der Waals surface area contributed by atoms with Crippen LogP contribution in [-0.2, 0) is 13.1 Å². The van der Waals surface area contributed by atoms with Gasteiger partial charge in [-0.25, -0.2) is 0 Å². The average molecular weight is 369 g/mol. The minimum absolute atomic E-state index is 0.0938. The molecule has 5 heteroatoms. The van der Waals surface area contributed by atoms with Gasteiger partial charge in [-0.2, -0.15) is 5.10 Å². The monoisotopic (exact) mass is 368 g/mol. The molecule has 2 aromatic rings. The molecule has 0 amide bonds. The van der Waals surface area contributed by atoms with Gasteiger partial charge in [0, 0.05) is 36.9 Å². The zero-order valence-corrected chi connectivity index (χ0v) is 16.4. The summed E-state index contributed by atoms with van der Waals surface area (Å²) in [6.07, 6.45) is 7.32. The van der Waals surface area contributed by atoms with Crippen molar-refractivity contribution in [3.8, 4) is 0 Å². The fraction of sp³-hybridized carbons (Fsp3) is 0.591. The van der Waals surface area contributed by atoms with Gasteiger partial charge in [0.1, 0.15) is 0 Å². The molecule has 146 valence electrons. The van der Waals surface area contributed by atoms with Gasteiger partial charge in [0.2, 0.25) is 0 Å². The van der Waals surface area contributed by atoms with E-state index in [2.05, 4.69) is 46.1 Å². The number of piperidine rings is 2. The predicted molar refractivity (Wildman–Crippen MR) is 107 cm³/mol. The van der Waals surface area contributed by atoms with Crippen LogP contribution in [0, 0.1) is 5.41 Å². The number of rotatable bonds is 6. The maximum absolute atomic E-state index is 10.3. The van der Waals surface area contributed by atoms with Crippen LogP contribution in [0.2, 0.25) is 0 Å². The van der Waals surface area contributed by atoms with E-state index in [-0.39, 0.29) is 5.41 Å². The molecule has 1 N–H and O–H groups in total. The number of aliphatic hydroxyl groups is 1. The largest absolute Gasteiger partial charge is 0.396 e. The van der Waals surface area contributed by atoms with Crippen molar-refractivity contribution in [1.82, 2.24) is 19.6 Å². The Kier molecular flexibility index (Phi) is 5.62. The fourth-order valence-corrected chi connectivity index (χ4v) is 5.04. The number of nitrogens with zero attached hydrogens (tertiary/aromatic N) is 4. The summed E-state index contributed by atoms with van der Waals surface area (Å²) in [5.74, 6) is 0. The highest BCUT2D eigenvalue weighted by molar-refractivity contribution is 5.24. The first-order valence-corrected chi connectivity index (χ1v) is 10.3. The molecule has 1 aromatic carbocycles. The highest BCUT2D eigenvalue weighted by Crippen LogP contribution is 2.42. The Morgan fingerprint density at radius 3 is 2.74 bits per heavy atom. The Hall–Kier alpha value is -1.69. The molecular formula is C22H32N4O. The van der Waals surface area contributed by atoms with Gasteiger partial charge in [0.25, 0.3) is 0 Å². The number of likely N-dealkylation sites (tertiary alicyclic amines) is 2. The molecule has 2 aliphatic rings. The van der Waals surface area contributed by atoms with Gasteiger partial charge in [0.15, 0.2) is 0 Å². The predicted octanol–water partition coefficient (Wildman–Crippen LogP) is 2.60. The maximum Gasteiger partial charge on any atom is 0.0659 e. The molecule has 5 nitrogen and oxygen atoms in total. The van der Waals surface area contributed by atoms with Crippen molar-refractivity contribution >= 4 is 0 Å². The number of aromatic nitrogens is 2. The molecule has 2 atom stereocenters. The smallest absolute Gasteiger partial charge is 0.0659 e. The average Bonchev–Trinajstić information content (AvgIpc) is 3.21. The molecule has 0 aliphatic carbocycles. The number of benzene rings is 1. The second kappa shape index (κ2) is 8.13. The molecule has 0 radical (unpaired) electrons. The molecule has 27 heavy (non-hydrogen) atoms. The van der Waals surface area contributed by atoms with Crippen LogP contribution in [-0.4, -0.2) is 63.5 Å². The molecule has 1 aromatic heterocycles. The van der Waals surface area contributed by atoms with Crippen molar-refractivity contribution in [2.75, 3.05) is 32.8 Å². The Morgan fingerprint density at radius 1 is 1.15 bits per heavy atom. The normalized spacial score (nSPS) is 26.8. The Bertz CT molecular complexity index is 732. The second-order valence-electron chi connectivity index (χ2n) is 8.28. The first-order chi connectivity index (χ1) is 13.2. The Balaban J connectivity index is 1.50. The molecule has 3 heterocycles. The van der Waals surface area contributed by atoms with Gasteiger partial charge in [-0.05, 0) is 56.1 Å². The van der Waals surface area contributed by atoms with Crippen LogP contribution in [0.5, 0.6) is 0 Å². The number of hydrogen-bond acceptors (Lipinski definition) is 4. The van der Waals surface area contributed by atoms with Crippen LogP contribution in [0.1, 0.15) is 37.3 Å². The molecule has 4 rings (SSSR count). The van der Waals surface area contributed by atoms with Gasteiger partial charge in [0.05, 0.1) is 13.2 Å². The highest BCUT2D eigenvalue weighted by Gasteiger charge is 2.47. The second-order valence-corrected chi connectivity index (χ2v) is 8.28. The topological polar surface area (TPSA) is 44.5 Å². The van der Waals surface area contributed by atoms with E-state index in [9.17, 15) is 5.11 Å². The van der Waals surface area contributed by atoms with Crippen LogP contribution >= 0.6 is 0 Å². The third-order valence-corrected chi connectivity index (χ3v) is 6.67. The third kappa shape index (κ3) is 3.96. The summed E-state index contributed by atoms with van der Waals surface area (Å²) < 4.78 is 1.97. The number of fused-ring (bicyclic) bond motifs is 1. The lowest BCUT2D eigenvalue weighted by molar-refractivity contribution is -0.0782. The molecule has 0 bridgehead atoms. The van der Waals surface area contributed by atoms with Crippen LogP contribution in [0.15, 0.2) is 42.7 Å². The number of likely N-dealkylation sites (N-methyl/N-ethyl adjacent to an activating group) is 1. The van der Waals surface area contributed by atoms with Crippen LogP contribution < -0.4 is 0 Å². The minimum Gasteiger partial charge on any atom is -0.396 e. The molecule has 0 unspecified atom stereocenters. The zero-order chi connectivity index (χ0) is 18.7. The minimum atomic E-state index is 0.0938. The van der Waals surface area contributed by atoms with E-state index in [0.717, 1.165) is 45.7 Å². The van der Waals surface area contributed by atoms with Crippen molar-refractivity contribution in [3.05, 3.63) is 53.9 Å². The van der Waals surface area contributed by atoms with Gasteiger partial charge in [-0.15, -0.1) is 0 Å². The van der Waals surface area contributed by atoms with Gasteiger partial charge in [-0.1, -0.05) is 31.2 Å². The van der Waals surface area contributed by atoms with Crippen LogP contribution in [0.3, 0.4) is 0 Å². The van der Waals surface area contributed by atoms with Crippen molar-refractivity contribution in [1.29, 1.82) is 0 Å². The van der Waals surface area contributed by atoms with E-state index in [4.69, 9.17) is 0 Å². The first-order valence-electron chi connectivity index (χ1n) is 10.3. The van der Waals surface area contributed by atoms with E-state index in [0.29, 0.717) is 12.6 Å². The number of hydrogen-bond donors (Lipinski definition) is 1. The van der Waals surface area contributed by atoms with Crippen molar-refractivity contribution in [2.24, 2.45) is 5.41 Å². The molecule has 2 aliphatic heterocycles. The fourth-order valence-electron chi connectivity index (χ4n) is 5.04. The lowest BCUT2D eigenvalue weighted by atomic mass is 9.69. The first kappa shape index (κ1) is 18.7. The summed E-state index contributed by atoms with van der Waals surface area (Å²) in [6.45, 7) is 8.80. The summed E-state index contributed by atoms with van der Waals surface area (Å²) in [6, 6.07) is 11.3. The molecule has 2 fully saturated rings. The molecule has 0 saturated carbocycles. The molecular weight excluding hydrogens is 336 g/mol. The third-order valence-electron chi connectivity index (χ3n) is 6.67. The van der Waals surface area contributed by atoms with Crippen LogP contribution in [0.4, 0.5) is 0 Å².